The standard InChI is InChI=1S/C12H26N4/c1-5-13-12(14-6-2)15-9-11(16(3)4)10-7-8-10/h10-11H,5-9H2,1-4H3,(H2,13,14,15)/t11-/m1/s1. The van der Waals surface area contributed by atoms with Gasteiger partial charge in [-0.05, 0) is 46.7 Å². The van der Waals surface area contributed by atoms with Gasteiger partial charge in [-0.3, -0.25) is 4.99 Å². The predicted molar refractivity (Wildman–Crippen MR) is 69.9 cm³/mol. The largest absolute Gasteiger partial charge is 0.357 e. The molecule has 1 aliphatic rings. The Bertz CT molecular complexity index is 211. The Labute approximate surface area is 99.5 Å². The first-order chi connectivity index (χ1) is 7.69. The summed E-state index contributed by atoms with van der Waals surface area (Å²) in [4.78, 5) is 6.94. The average molecular weight is 226 g/mol. The number of hydrogen-bond acceptors (Lipinski definition) is 2. The van der Waals surface area contributed by atoms with Crippen LogP contribution in [0.25, 0.3) is 0 Å². The molecule has 16 heavy (non-hydrogen) atoms. The van der Waals surface area contributed by atoms with Gasteiger partial charge in [0.15, 0.2) is 5.96 Å². The molecular formula is C12H26N4. The van der Waals surface area contributed by atoms with Crippen molar-refractivity contribution in [2.24, 2.45) is 10.9 Å². The third kappa shape index (κ3) is 4.39. The lowest BCUT2D eigenvalue weighted by atomic mass is 10.2. The maximum atomic E-state index is 4.64. The van der Waals surface area contributed by atoms with Crippen molar-refractivity contribution in [1.29, 1.82) is 0 Å². The SMILES string of the molecule is CCNC(=NC[C@H](C1CC1)N(C)C)NCC. The van der Waals surface area contributed by atoms with Gasteiger partial charge in [-0.15, -0.1) is 0 Å². The minimum Gasteiger partial charge on any atom is -0.357 e. The van der Waals surface area contributed by atoms with Crippen LogP contribution in [0.5, 0.6) is 0 Å². The maximum absolute atomic E-state index is 4.64. The zero-order chi connectivity index (χ0) is 12.0. The second-order valence-corrected chi connectivity index (χ2v) is 4.62. The van der Waals surface area contributed by atoms with Crippen molar-refractivity contribution in [2.45, 2.75) is 32.7 Å². The number of nitrogens with zero attached hydrogens (tertiary/aromatic N) is 2. The minimum absolute atomic E-state index is 0.604. The summed E-state index contributed by atoms with van der Waals surface area (Å²) in [7, 11) is 4.30. The molecule has 1 aliphatic carbocycles. The molecule has 0 bridgehead atoms. The van der Waals surface area contributed by atoms with Crippen molar-refractivity contribution in [3.63, 3.8) is 0 Å². The third-order valence-electron chi connectivity index (χ3n) is 2.95. The molecule has 0 aromatic rings. The van der Waals surface area contributed by atoms with Crippen molar-refractivity contribution in [1.82, 2.24) is 15.5 Å². The first-order valence-corrected chi connectivity index (χ1v) is 6.37. The van der Waals surface area contributed by atoms with E-state index in [0.717, 1.165) is 31.5 Å². The van der Waals surface area contributed by atoms with E-state index in [1.165, 1.54) is 12.8 Å². The van der Waals surface area contributed by atoms with Gasteiger partial charge >= 0.3 is 0 Å². The van der Waals surface area contributed by atoms with E-state index in [0.29, 0.717) is 6.04 Å². The van der Waals surface area contributed by atoms with E-state index in [4.69, 9.17) is 0 Å². The zero-order valence-corrected chi connectivity index (χ0v) is 11.1. The van der Waals surface area contributed by atoms with Gasteiger partial charge in [0.1, 0.15) is 0 Å². The van der Waals surface area contributed by atoms with Crippen LogP contribution in [0.3, 0.4) is 0 Å². The fourth-order valence-corrected chi connectivity index (χ4v) is 1.91. The topological polar surface area (TPSA) is 39.7 Å². The molecule has 4 heteroatoms. The molecule has 0 aliphatic heterocycles. The second-order valence-electron chi connectivity index (χ2n) is 4.62. The van der Waals surface area contributed by atoms with Gasteiger partial charge in [0.05, 0.1) is 6.54 Å². The molecule has 0 unspecified atom stereocenters. The summed E-state index contributed by atoms with van der Waals surface area (Å²) in [6, 6.07) is 0.604. The first kappa shape index (κ1) is 13.3. The molecule has 0 amide bonds. The van der Waals surface area contributed by atoms with E-state index in [9.17, 15) is 0 Å². The predicted octanol–water partition coefficient (Wildman–Crippen LogP) is 0.902. The Balaban J connectivity index is 2.44. The molecule has 1 atom stereocenters. The highest BCUT2D eigenvalue weighted by Gasteiger charge is 2.32. The smallest absolute Gasteiger partial charge is 0.191 e. The van der Waals surface area contributed by atoms with Gasteiger partial charge in [-0.2, -0.15) is 0 Å². The highest BCUT2D eigenvalue weighted by atomic mass is 15.2. The Hall–Kier alpha value is -0.770. The maximum Gasteiger partial charge on any atom is 0.191 e. The monoisotopic (exact) mass is 226 g/mol. The van der Waals surface area contributed by atoms with Gasteiger partial charge in [0, 0.05) is 19.1 Å². The summed E-state index contributed by atoms with van der Waals surface area (Å²) in [6.45, 7) is 6.92. The second kappa shape index (κ2) is 6.74. The highest BCUT2D eigenvalue weighted by Crippen LogP contribution is 2.34. The molecule has 1 fully saturated rings. The van der Waals surface area contributed by atoms with Crippen LogP contribution in [-0.2, 0) is 0 Å². The van der Waals surface area contributed by atoms with Crippen molar-refractivity contribution in [2.75, 3.05) is 33.7 Å². The summed E-state index contributed by atoms with van der Waals surface area (Å²) < 4.78 is 0. The molecule has 0 saturated heterocycles. The summed E-state index contributed by atoms with van der Waals surface area (Å²) in [6.07, 6.45) is 2.74. The van der Waals surface area contributed by atoms with Crippen molar-refractivity contribution < 1.29 is 0 Å². The van der Waals surface area contributed by atoms with Crippen molar-refractivity contribution in [3.05, 3.63) is 0 Å². The summed E-state index contributed by atoms with van der Waals surface area (Å²) in [5, 5.41) is 6.52. The quantitative estimate of drug-likeness (QED) is 0.522. The van der Waals surface area contributed by atoms with Gasteiger partial charge in [0.2, 0.25) is 0 Å². The average Bonchev–Trinajstić information content (AvgIpc) is 3.02. The molecule has 1 saturated carbocycles. The minimum atomic E-state index is 0.604. The molecule has 94 valence electrons. The molecule has 2 N–H and O–H groups in total. The lowest BCUT2D eigenvalue weighted by Gasteiger charge is -2.22. The lowest BCUT2D eigenvalue weighted by Crippen LogP contribution is -2.39. The van der Waals surface area contributed by atoms with Crippen LogP contribution in [0.4, 0.5) is 0 Å². The van der Waals surface area contributed by atoms with Crippen LogP contribution in [-0.4, -0.2) is 50.6 Å². The number of guanidine groups is 1. The van der Waals surface area contributed by atoms with Crippen LogP contribution in [0.2, 0.25) is 0 Å². The van der Waals surface area contributed by atoms with Crippen LogP contribution >= 0.6 is 0 Å². The van der Waals surface area contributed by atoms with Crippen molar-refractivity contribution in [3.8, 4) is 0 Å². The van der Waals surface area contributed by atoms with Crippen LogP contribution in [0.1, 0.15) is 26.7 Å². The fourth-order valence-electron chi connectivity index (χ4n) is 1.91. The lowest BCUT2D eigenvalue weighted by molar-refractivity contribution is 0.271. The molecule has 1 rings (SSSR count). The first-order valence-electron chi connectivity index (χ1n) is 6.37. The summed E-state index contributed by atoms with van der Waals surface area (Å²) in [5.74, 6) is 1.81. The van der Waals surface area contributed by atoms with Crippen LogP contribution in [0, 0.1) is 5.92 Å². The molecule has 0 heterocycles. The van der Waals surface area contributed by atoms with E-state index in [1.54, 1.807) is 0 Å². The molecule has 0 aromatic heterocycles. The van der Waals surface area contributed by atoms with E-state index < -0.39 is 0 Å². The van der Waals surface area contributed by atoms with Crippen LogP contribution in [0.15, 0.2) is 4.99 Å². The van der Waals surface area contributed by atoms with Crippen molar-refractivity contribution >= 4 is 5.96 Å². The third-order valence-corrected chi connectivity index (χ3v) is 2.95. The molecule has 4 nitrogen and oxygen atoms in total. The number of hydrogen-bond donors (Lipinski definition) is 2. The number of rotatable bonds is 6. The zero-order valence-electron chi connectivity index (χ0n) is 11.1. The van der Waals surface area contributed by atoms with E-state index in [1.807, 2.05) is 0 Å². The Kier molecular flexibility index (Phi) is 5.60. The molecule has 0 aromatic carbocycles. The summed E-state index contributed by atoms with van der Waals surface area (Å²) >= 11 is 0. The fraction of sp³-hybridized carbons (Fsp3) is 0.917. The number of likely N-dealkylation sites (N-methyl/N-ethyl adjacent to an activating group) is 1. The van der Waals surface area contributed by atoms with E-state index in [-0.39, 0.29) is 0 Å². The van der Waals surface area contributed by atoms with Crippen LogP contribution < -0.4 is 10.6 Å². The van der Waals surface area contributed by atoms with Gasteiger partial charge < -0.3 is 15.5 Å². The summed E-state index contributed by atoms with van der Waals surface area (Å²) in [5.41, 5.74) is 0. The van der Waals surface area contributed by atoms with Gasteiger partial charge in [-0.1, -0.05) is 0 Å². The van der Waals surface area contributed by atoms with Gasteiger partial charge in [-0.25, -0.2) is 0 Å². The number of aliphatic imine (C=N–C) groups is 1. The molecule has 0 spiro atoms. The normalized spacial score (nSPS) is 17.1. The number of nitrogens with one attached hydrogen (secondary N) is 2. The Morgan fingerprint density at radius 1 is 1.25 bits per heavy atom. The highest BCUT2D eigenvalue weighted by molar-refractivity contribution is 5.79. The van der Waals surface area contributed by atoms with E-state index >= 15 is 0 Å². The molecular weight excluding hydrogens is 200 g/mol. The van der Waals surface area contributed by atoms with E-state index in [2.05, 4.69) is 48.5 Å². The Morgan fingerprint density at radius 2 is 1.81 bits per heavy atom. The Morgan fingerprint density at radius 3 is 2.19 bits per heavy atom. The van der Waals surface area contributed by atoms with Gasteiger partial charge in [0.25, 0.3) is 0 Å². The molecule has 0 radical (unpaired) electrons.